The van der Waals surface area contributed by atoms with Gasteiger partial charge < -0.3 is 14.9 Å². The second kappa shape index (κ2) is 9.80. The Hall–Kier alpha value is -4.43. The van der Waals surface area contributed by atoms with Crippen molar-refractivity contribution in [2.24, 2.45) is 0 Å². The van der Waals surface area contributed by atoms with Crippen LogP contribution < -0.4 is 0 Å². The Bertz CT molecular complexity index is 1140. The quantitative estimate of drug-likeness (QED) is 0.171. The molecule has 0 heterocycles. The van der Waals surface area contributed by atoms with Gasteiger partial charge in [0.2, 0.25) is 5.79 Å². The molecule has 0 aliphatic heterocycles. The lowest BCUT2D eigenvalue weighted by Crippen LogP contribution is -2.32. The lowest BCUT2D eigenvalue weighted by atomic mass is 10.1. The number of nitro benzene ring substituents is 2. The summed E-state index contributed by atoms with van der Waals surface area (Å²) in [5, 5.41) is 40.6. The molecular formula is C19H16N2O12. The van der Waals surface area contributed by atoms with Crippen molar-refractivity contribution in [3.63, 3.8) is 0 Å². The molecule has 2 aromatic rings. The van der Waals surface area contributed by atoms with E-state index in [-0.39, 0.29) is 5.56 Å². The molecule has 2 N–H and O–H groups in total. The number of nitrogens with zero attached hydrogens (tertiary/aromatic N) is 2. The standard InChI is InChI=1S/C19H16N2O12/c1-19(2,32-18(26)11-6-4-8-13(21(29)30)15(11)17(24)25)33-31-9-10-5-3-7-12(20(27)28)14(10)16(22)23/h3-8H,9H2,1-2H3,(H,22,23)(H,24,25). The van der Waals surface area contributed by atoms with Gasteiger partial charge in [0.1, 0.15) is 12.2 Å². The average molecular weight is 464 g/mol. The number of esters is 1. The number of aromatic carboxylic acids is 2. The van der Waals surface area contributed by atoms with Crippen LogP contribution in [-0.2, 0) is 21.1 Å². The summed E-state index contributed by atoms with van der Waals surface area (Å²) in [5.41, 5.74) is -3.71. The smallest absolute Gasteiger partial charge is 0.343 e. The van der Waals surface area contributed by atoms with Crippen molar-refractivity contribution in [2.45, 2.75) is 26.2 Å². The molecule has 33 heavy (non-hydrogen) atoms. The van der Waals surface area contributed by atoms with Crippen molar-refractivity contribution in [3.8, 4) is 0 Å². The molecule has 0 saturated carbocycles. The van der Waals surface area contributed by atoms with Crippen LogP contribution in [0, 0.1) is 20.2 Å². The van der Waals surface area contributed by atoms with Crippen LogP contribution in [0.25, 0.3) is 0 Å². The zero-order valence-corrected chi connectivity index (χ0v) is 17.0. The number of carbonyl (C=O) groups is 3. The topological polar surface area (TPSA) is 206 Å². The van der Waals surface area contributed by atoms with Gasteiger partial charge in [-0.05, 0) is 6.07 Å². The van der Waals surface area contributed by atoms with Gasteiger partial charge in [0, 0.05) is 31.5 Å². The summed E-state index contributed by atoms with van der Waals surface area (Å²) < 4.78 is 5.03. The van der Waals surface area contributed by atoms with Crippen molar-refractivity contribution >= 4 is 29.3 Å². The number of hydrogen-bond acceptors (Lipinski definition) is 10. The monoisotopic (exact) mass is 464 g/mol. The van der Waals surface area contributed by atoms with Crippen molar-refractivity contribution in [2.75, 3.05) is 0 Å². The fourth-order valence-corrected chi connectivity index (χ4v) is 2.72. The predicted octanol–water partition coefficient (Wildman–Crippen LogP) is 2.94. The Labute approximate surface area is 184 Å². The van der Waals surface area contributed by atoms with E-state index in [1.54, 1.807) is 0 Å². The number of hydrogen-bond donors (Lipinski definition) is 2. The zero-order chi connectivity index (χ0) is 24.9. The van der Waals surface area contributed by atoms with Gasteiger partial charge in [0.15, 0.2) is 5.56 Å². The van der Waals surface area contributed by atoms with Crippen molar-refractivity contribution in [3.05, 3.63) is 78.9 Å². The van der Waals surface area contributed by atoms with E-state index in [9.17, 15) is 44.8 Å². The van der Waals surface area contributed by atoms with Crippen LogP contribution in [0.2, 0.25) is 0 Å². The van der Waals surface area contributed by atoms with Gasteiger partial charge in [-0.15, -0.1) is 0 Å². The first-order chi connectivity index (χ1) is 15.4. The molecule has 0 spiro atoms. The highest BCUT2D eigenvalue weighted by molar-refractivity contribution is 6.05. The number of rotatable bonds is 10. The van der Waals surface area contributed by atoms with Gasteiger partial charge in [-0.3, -0.25) is 20.2 Å². The van der Waals surface area contributed by atoms with E-state index in [1.807, 2.05) is 0 Å². The molecule has 0 saturated heterocycles. The van der Waals surface area contributed by atoms with E-state index in [4.69, 9.17) is 14.5 Å². The lowest BCUT2D eigenvalue weighted by Gasteiger charge is -2.24. The Morgan fingerprint density at radius 3 is 1.94 bits per heavy atom. The lowest BCUT2D eigenvalue weighted by molar-refractivity contribution is -0.411. The first-order valence-corrected chi connectivity index (χ1v) is 8.90. The van der Waals surface area contributed by atoms with Gasteiger partial charge in [-0.2, -0.15) is 4.89 Å². The molecule has 0 bridgehead atoms. The second-order valence-corrected chi connectivity index (χ2v) is 6.77. The maximum absolute atomic E-state index is 12.5. The van der Waals surface area contributed by atoms with Crippen LogP contribution >= 0.6 is 0 Å². The zero-order valence-electron chi connectivity index (χ0n) is 17.0. The summed E-state index contributed by atoms with van der Waals surface area (Å²) in [7, 11) is 0. The molecule has 14 heteroatoms. The largest absolute Gasteiger partial charge is 0.477 e. The van der Waals surface area contributed by atoms with Gasteiger partial charge in [-0.1, -0.05) is 18.2 Å². The van der Waals surface area contributed by atoms with E-state index in [2.05, 4.69) is 0 Å². The third kappa shape index (κ3) is 5.84. The second-order valence-electron chi connectivity index (χ2n) is 6.77. The highest BCUT2D eigenvalue weighted by Crippen LogP contribution is 2.26. The molecule has 0 fully saturated rings. The van der Waals surface area contributed by atoms with Gasteiger partial charge >= 0.3 is 17.9 Å². The molecule has 0 aliphatic carbocycles. The summed E-state index contributed by atoms with van der Waals surface area (Å²) in [6.45, 7) is 1.80. The van der Waals surface area contributed by atoms with Gasteiger partial charge in [-0.25, -0.2) is 19.3 Å². The number of carboxylic acid groups (broad SMARTS) is 2. The fourth-order valence-electron chi connectivity index (χ4n) is 2.72. The molecular weight excluding hydrogens is 448 g/mol. The first-order valence-electron chi connectivity index (χ1n) is 8.90. The van der Waals surface area contributed by atoms with E-state index in [0.29, 0.717) is 0 Å². The van der Waals surface area contributed by atoms with E-state index < -0.39 is 68.2 Å². The summed E-state index contributed by atoms with van der Waals surface area (Å²) in [6, 6.07) is 6.51. The van der Waals surface area contributed by atoms with Crippen molar-refractivity contribution in [1.82, 2.24) is 0 Å². The van der Waals surface area contributed by atoms with Crippen molar-refractivity contribution in [1.29, 1.82) is 0 Å². The van der Waals surface area contributed by atoms with Crippen LogP contribution in [0.3, 0.4) is 0 Å². The third-order valence-corrected chi connectivity index (χ3v) is 4.02. The maximum Gasteiger partial charge on any atom is 0.343 e. The fraction of sp³-hybridized carbons (Fsp3) is 0.211. The number of ether oxygens (including phenoxy) is 1. The Morgan fingerprint density at radius 1 is 0.909 bits per heavy atom. The maximum atomic E-state index is 12.5. The molecule has 0 aromatic heterocycles. The van der Waals surface area contributed by atoms with Gasteiger partial charge in [0.05, 0.1) is 15.4 Å². The number of benzene rings is 2. The summed E-state index contributed by atoms with van der Waals surface area (Å²) in [5.74, 6) is -6.44. The Kier molecular flexibility index (Phi) is 7.37. The predicted molar refractivity (Wildman–Crippen MR) is 105 cm³/mol. The van der Waals surface area contributed by atoms with Gasteiger partial charge in [0.25, 0.3) is 11.4 Å². The molecule has 0 atom stereocenters. The number of carbonyl (C=O) groups excluding carboxylic acids is 1. The molecule has 0 unspecified atom stereocenters. The van der Waals surface area contributed by atoms with E-state index in [0.717, 1.165) is 24.3 Å². The van der Waals surface area contributed by atoms with Crippen LogP contribution in [0.5, 0.6) is 0 Å². The van der Waals surface area contributed by atoms with E-state index >= 15 is 0 Å². The average Bonchev–Trinajstić information content (AvgIpc) is 2.72. The molecule has 174 valence electrons. The highest BCUT2D eigenvalue weighted by Gasteiger charge is 2.32. The molecule has 2 rings (SSSR count). The first kappa shape index (κ1) is 24.8. The molecule has 14 nitrogen and oxygen atoms in total. The van der Waals surface area contributed by atoms with Crippen LogP contribution in [0.15, 0.2) is 36.4 Å². The number of nitro groups is 2. The third-order valence-electron chi connectivity index (χ3n) is 4.02. The SMILES string of the molecule is CC(C)(OOCc1cccc([N+](=O)[O-])c1C(=O)O)OC(=O)c1cccc([N+](=O)[O-])c1C(=O)O. The summed E-state index contributed by atoms with van der Waals surface area (Å²) in [6.07, 6.45) is 0. The molecule has 2 aromatic carbocycles. The van der Waals surface area contributed by atoms with Crippen molar-refractivity contribution < 1.29 is 49.0 Å². The van der Waals surface area contributed by atoms with Crippen LogP contribution in [0.1, 0.15) is 50.5 Å². The normalized spacial score (nSPS) is 11.0. The molecule has 0 radical (unpaired) electrons. The van der Waals surface area contributed by atoms with E-state index in [1.165, 1.54) is 26.0 Å². The Balaban J connectivity index is 2.17. The summed E-state index contributed by atoms with van der Waals surface area (Å²) >= 11 is 0. The minimum absolute atomic E-state index is 0.106. The van der Waals surface area contributed by atoms with Crippen LogP contribution in [0.4, 0.5) is 11.4 Å². The molecule has 0 aliphatic rings. The minimum atomic E-state index is -1.87. The summed E-state index contributed by atoms with van der Waals surface area (Å²) in [4.78, 5) is 65.4. The Morgan fingerprint density at radius 2 is 1.42 bits per heavy atom. The van der Waals surface area contributed by atoms with Crippen LogP contribution in [-0.4, -0.2) is 43.8 Å². The highest BCUT2D eigenvalue weighted by atomic mass is 17.2. The minimum Gasteiger partial charge on any atom is -0.477 e. The molecule has 0 amide bonds. The number of carboxylic acids is 2.